The zero-order valence-corrected chi connectivity index (χ0v) is 13.1. The molecule has 5 nitrogen and oxygen atoms in total. The molecule has 0 amide bonds. The molecule has 0 aromatic heterocycles. The van der Waals surface area contributed by atoms with Crippen molar-refractivity contribution in [2.45, 2.75) is 19.6 Å². The molecule has 1 aromatic carbocycles. The first kappa shape index (κ1) is 15.4. The average Bonchev–Trinajstić information content (AvgIpc) is 2.42. The second-order valence-electron chi connectivity index (χ2n) is 4.82. The largest absolute Gasteiger partial charge is 0.497 e. The number of hydrogen-bond acceptors (Lipinski definition) is 6. The summed E-state index contributed by atoms with van der Waals surface area (Å²) in [6.45, 7) is 3.04. The summed E-state index contributed by atoms with van der Waals surface area (Å²) in [5.74, 6) is -1.88. The normalized spacial score (nSPS) is 17.0. The van der Waals surface area contributed by atoms with E-state index in [1.807, 2.05) is 0 Å². The van der Waals surface area contributed by atoms with E-state index in [0.29, 0.717) is 10.7 Å². The number of esters is 2. The van der Waals surface area contributed by atoms with Crippen LogP contribution in [-0.4, -0.2) is 31.1 Å². The minimum atomic E-state index is -1.24. The highest BCUT2D eigenvalue weighted by molar-refractivity contribution is 8.07. The zero-order valence-electron chi connectivity index (χ0n) is 12.3. The van der Waals surface area contributed by atoms with Gasteiger partial charge in [-0.3, -0.25) is 0 Å². The number of carbonyl (C=O) groups is 2. The molecule has 0 atom stereocenters. The van der Waals surface area contributed by atoms with Crippen LogP contribution in [-0.2, 0) is 19.1 Å². The third kappa shape index (κ3) is 3.21. The van der Waals surface area contributed by atoms with Crippen molar-refractivity contribution in [2.24, 2.45) is 0 Å². The van der Waals surface area contributed by atoms with E-state index in [-0.39, 0.29) is 5.57 Å². The van der Waals surface area contributed by atoms with Gasteiger partial charge in [0.1, 0.15) is 5.75 Å². The van der Waals surface area contributed by atoms with E-state index in [1.165, 1.54) is 25.6 Å². The summed E-state index contributed by atoms with van der Waals surface area (Å²) < 4.78 is 15.3. The molecule has 1 aliphatic heterocycles. The number of methoxy groups -OCH3 is 1. The molecule has 0 unspecified atom stereocenters. The minimum Gasteiger partial charge on any atom is -0.497 e. The van der Waals surface area contributed by atoms with Crippen LogP contribution in [0.15, 0.2) is 29.8 Å². The van der Waals surface area contributed by atoms with E-state index in [0.717, 1.165) is 5.56 Å². The van der Waals surface area contributed by atoms with E-state index >= 15 is 0 Å². The topological polar surface area (TPSA) is 61.8 Å². The van der Waals surface area contributed by atoms with Crippen molar-refractivity contribution in [3.8, 4) is 5.75 Å². The molecule has 0 bridgehead atoms. The summed E-state index contributed by atoms with van der Waals surface area (Å²) in [5.41, 5.74) is 0.652. The van der Waals surface area contributed by atoms with E-state index in [2.05, 4.69) is 0 Å². The van der Waals surface area contributed by atoms with Gasteiger partial charge in [-0.25, -0.2) is 9.59 Å². The van der Waals surface area contributed by atoms with Gasteiger partial charge in [-0.15, -0.1) is 11.8 Å². The molecule has 0 N–H and O–H groups in total. The molecule has 0 saturated carbocycles. The molecular formula is C15H16O5S. The Bertz CT molecular complexity index is 579. The molecule has 112 valence electrons. The Hall–Kier alpha value is -1.95. The lowest BCUT2D eigenvalue weighted by atomic mass is 10.1. The number of benzene rings is 1. The third-order valence-electron chi connectivity index (χ3n) is 2.87. The number of rotatable bonds is 3. The van der Waals surface area contributed by atoms with Crippen molar-refractivity contribution in [2.75, 3.05) is 13.4 Å². The Labute approximate surface area is 127 Å². The van der Waals surface area contributed by atoms with E-state index in [9.17, 15) is 9.59 Å². The predicted molar refractivity (Wildman–Crippen MR) is 79.7 cm³/mol. The Kier molecular flexibility index (Phi) is 4.27. The van der Waals surface area contributed by atoms with Gasteiger partial charge in [0.25, 0.3) is 5.79 Å². The molecule has 2 rings (SSSR count). The summed E-state index contributed by atoms with van der Waals surface area (Å²) >= 11 is 1.29. The monoisotopic (exact) mass is 308 g/mol. The minimum absolute atomic E-state index is 0.0769. The second-order valence-corrected chi connectivity index (χ2v) is 5.63. The van der Waals surface area contributed by atoms with Gasteiger partial charge in [0.05, 0.1) is 7.11 Å². The van der Waals surface area contributed by atoms with Crippen molar-refractivity contribution in [3.05, 3.63) is 35.4 Å². The zero-order chi connectivity index (χ0) is 15.6. The summed E-state index contributed by atoms with van der Waals surface area (Å²) in [4.78, 5) is 24.7. The van der Waals surface area contributed by atoms with Gasteiger partial charge in [-0.1, -0.05) is 12.1 Å². The number of carbonyl (C=O) groups excluding carboxylic acids is 2. The first-order valence-corrected chi connectivity index (χ1v) is 7.50. The highest BCUT2D eigenvalue weighted by Gasteiger charge is 2.40. The van der Waals surface area contributed by atoms with Crippen LogP contribution in [0.1, 0.15) is 19.4 Å². The van der Waals surface area contributed by atoms with Gasteiger partial charge in [0, 0.05) is 18.8 Å². The number of cyclic esters (lactones) is 2. The molecule has 0 radical (unpaired) electrons. The van der Waals surface area contributed by atoms with Gasteiger partial charge >= 0.3 is 11.9 Å². The maximum Gasteiger partial charge on any atom is 0.350 e. The van der Waals surface area contributed by atoms with Crippen LogP contribution in [0.25, 0.3) is 4.91 Å². The molecule has 1 aromatic rings. The molecule has 21 heavy (non-hydrogen) atoms. The molecule has 0 spiro atoms. The predicted octanol–water partition coefficient (Wildman–Crippen LogP) is 2.61. The fourth-order valence-electron chi connectivity index (χ4n) is 1.94. The van der Waals surface area contributed by atoms with E-state index < -0.39 is 17.7 Å². The SMILES string of the molecule is COc1ccc(C(SC)=C2C(=O)OC(C)(C)OC2=O)cc1. The standard InChI is InChI=1S/C15H16O5S/c1-15(2)19-13(16)11(14(17)20-15)12(21-4)9-5-7-10(18-3)8-6-9/h5-8H,1-4H3. The molecule has 1 aliphatic rings. The molecule has 1 fully saturated rings. The van der Waals surface area contributed by atoms with Crippen LogP contribution >= 0.6 is 11.8 Å². The summed E-state index contributed by atoms with van der Waals surface area (Å²) in [6, 6.07) is 7.07. The van der Waals surface area contributed by atoms with Gasteiger partial charge in [0.2, 0.25) is 0 Å². The molecular weight excluding hydrogens is 292 g/mol. The lowest BCUT2D eigenvalue weighted by Crippen LogP contribution is -2.42. The Morgan fingerprint density at radius 1 is 1.10 bits per heavy atom. The lowest BCUT2D eigenvalue weighted by Gasteiger charge is -2.30. The number of hydrogen-bond donors (Lipinski definition) is 0. The van der Waals surface area contributed by atoms with Crippen molar-refractivity contribution < 1.29 is 23.8 Å². The Balaban J connectivity index is 2.46. The van der Waals surface area contributed by atoms with E-state index in [1.54, 1.807) is 37.6 Å². The summed E-state index contributed by atoms with van der Waals surface area (Å²) in [6.07, 6.45) is 1.78. The van der Waals surface area contributed by atoms with Crippen LogP contribution in [0.4, 0.5) is 0 Å². The Morgan fingerprint density at radius 2 is 1.62 bits per heavy atom. The van der Waals surface area contributed by atoms with Crippen molar-refractivity contribution >= 4 is 28.6 Å². The van der Waals surface area contributed by atoms with Crippen molar-refractivity contribution in [1.82, 2.24) is 0 Å². The summed E-state index contributed by atoms with van der Waals surface area (Å²) in [7, 11) is 1.57. The van der Waals surface area contributed by atoms with Crippen LogP contribution in [0.2, 0.25) is 0 Å². The smallest absolute Gasteiger partial charge is 0.350 e. The Morgan fingerprint density at radius 3 is 2.05 bits per heavy atom. The molecule has 6 heteroatoms. The van der Waals surface area contributed by atoms with Gasteiger partial charge < -0.3 is 14.2 Å². The van der Waals surface area contributed by atoms with Crippen molar-refractivity contribution in [3.63, 3.8) is 0 Å². The van der Waals surface area contributed by atoms with Crippen LogP contribution < -0.4 is 4.74 Å². The summed E-state index contributed by atoms with van der Waals surface area (Å²) in [5, 5.41) is 0. The fraction of sp³-hybridized carbons (Fsp3) is 0.333. The molecule has 1 heterocycles. The first-order valence-electron chi connectivity index (χ1n) is 6.27. The maximum absolute atomic E-state index is 12.1. The molecule has 0 aliphatic carbocycles. The van der Waals surface area contributed by atoms with Gasteiger partial charge in [-0.2, -0.15) is 0 Å². The van der Waals surface area contributed by atoms with E-state index in [4.69, 9.17) is 14.2 Å². The lowest BCUT2D eigenvalue weighted by molar-refractivity contribution is -0.222. The second kappa shape index (κ2) is 5.81. The fourth-order valence-corrected chi connectivity index (χ4v) is 2.69. The average molecular weight is 308 g/mol. The number of thioether (sulfide) groups is 1. The highest BCUT2D eigenvalue weighted by Crippen LogP contribution is 2.34. The number of ether oxygens (including phenoxy) is 3. The third-order valence-corrected chi connectivity index (χ3v) is 3.72. The first-order chi connectivity index (χ1) is 9.88. The van der Waals surface area contributed by atoms with Gasteiger partial charge in [0.15, 0.2) is 5.57 Å². The van der Waals surface area contributed by atoms with Gasteiger partial charge in [-0.05, 0) is 24.0 Å². The van der Waals surface area contributed by atoms with Crippen LogP contribution in [0, 0.1) is 0 Å². The van der Waals surface area contributed by atoms with Crippen LogP contribution in [0.3, 0.4) is 0 Å². The maximum atomic E-state index is 12.1. The molecule has 1 saturated heterocycles. The quantitative estimate of drug-likeness (QED) is 0.486. The van der Waals surface area contributed by atoms with Crippen molar-refractivity contribution in [1.29, 1.82) is 0 Å². The van der Waals surface area contributed by atoms with Crippen LogP contribution in [0.5, 0.6) is 5.75 Å². The highest BCUT2D eigenvalue weighted by atomic mass is 32.2.